The first-order valence-electron chi connectivity index (χ1n) is 11.7. The second-order valence-electron chi connectivity index (χ2n) is 8.70. The lowest BCUT2D eigenvalue weighted by Gasteiger charge is -2.27. The molecule has 2 aromatic heterocycles. The fourth-order valence-electron chi connectivity index (χ4n) is 4.29. The van der Waals surface area contributed by atoms with E-state index < -0.39 is 0 Å². The SMILES string of the molecule is COc1cnc(Nc2cccc(C(=O)N3CCOCC3)c2)nc1-c1cnn(C(CC#N)C2CC2)c1. The van der Waals surface area contributed by atoms with E-state index in [2.05, 4.69) is 26.5 Å². The first-order valence-corrected chi connectivity index (χ1v) is 11.7. The van der Waals surface area contributed by atoms with Gasteiger partial charge in [-0.3, -0.25) is 9.48 Å². The highest BCUT2D eigenvalue weighted by molar-refractivity contribution is 5.95. The van der Waals surface area contributed by atoms with E-state index in [-0.39, 0.29) is 11.9 Å². The van der Waals surface area contributed by atoms with Crippen molar-refractivity contribution in [1.82, 2.24) is 24.6 Å². The molecule has 180 valence electrons. The third-order valence-corrected chi connectivity index (χ3v) is 6.32. The second-order valence-corrected chi connectivity index (χ2v) is 8.70. The van der Waals surface area contributed by atoms with Crippen LogP contribution >= 0.6 is 0 Å². The van der Waals surface area contributed by atoms with Gasteiger partial charge in [0.1, 0.15) is 5.69 Å². The summed E-state index contributed by atoms with van der Waals surface area (Å²) in [5, 5.41) is 16.9. The highest BCUT2D eigenvalue weighted by Crippen LogP contribution is 2.41. The van der Waals surface area contributed by atoms with Crippen LogP contribution in [-0.4, -0.2) is 64.0 Å². The normalized spacial score (nSPS) is 16.4. The minimum Gasteiger partial charge on any atom is -0.493 e. The maximum Gasteiger partial charge on any atom is 0.254 e. The lowest BCUT2D eigenvalue weighted by Crippen LogP contribution is -2.40. The standard InChI is InChI=1S/C25H27N7O3/c1-34-22-15-27-25(29-20-4-2-3-18(13-20)24(33)31-9-11-35-12-10-31)30-23(22)19-14-28-32(16-19)21(7-8-26)17-5-6-17/h2-4,13-17,21H,5-7,9-12H2,1H3,(H,27,29,30). The zero-order valence-corrected chi connectivity index (χ0v) is 19.6. The number of hydrogen-bond acceptors (Lipinski definition) is 8. The maximum absolute atomic E-state index is 12.8. The molecule has 3 heterocycles. The smallest absolute Gasteiger partial charge is 0.254 e. The van der Waals surface area contributed by atoms with Crippen LogP contribution in [0.4, 0.5) is 11.6 Å². The molecule has 5 rings (SSSR count). The summed E-state index contributed by atoms with van der Waals surface area (Å²) in [6, 6.07) is 9.64. The molecular weight excluding hydrogens is 446 g/mol. The number of methoxy groups -OCH3 is 1. The molecular formula is C25H27N7O3. The average Bonchev–Trinajstić information content (AvgIpc) is 3.63. The van der Waals surface area contributed by atoms with Gasteiger partial charge in [0.25, 0.3) is 5.91 Å². The molecule has 3 aromatic rings. The number of aromatic nitrogens is 4. The summed E-state index contributed by atoms with van der Waals surface area (Å²) in [5.74, 6) is 1.37. The third kappa shape index (κ3) is 5.10. The predicted octanol–water partition coefficient (Wildman–Crippen LogP) is 3.43. The van der Waals surface area contributed by atoms with Gasteiger partial charge in [0.15, 0.2) is 5.75 Å². The van der Waals surface area contributed by atoms with E-state index in [1.807, 2.05) is 23.0 Å². The molecule has 10 nitrogen and oxygen atoms in total. The Kier molecular flexibility index (Phi) is 6.59. The van der Waals surface area contributed by atoms with E-state index in [9.17, 15) is 10.1 Å². The van der Waals surface area contributed by atoms with Gasteiger partial charge in [0.05, 0.1) is 51.2 Å². The predicted molar refractivity (Wildman–Crippen MR) is 128 cm³/mol. The van der Waals surface area contributed by atoms with Gasteiger partial charge in [-0.05, 0) is 37.0 Å². The van der Waals surface area contributed by atoms with Crippen molar-refractivity contribution in [2.45, 2.75) is 25.3 Å². The molecule has 1 aliphatic heterocycles. The molecule has 10 heteroatoms. The van der Waals surface area contributed by atoms with Crippen LogP contribution in [0.1, 0.15) is 35.7 Å². The Morgan fingerprint density at radius 3 is 2.89 bits per heavy atom. The van der Waals surface area contributed by atoms with Crippen molar-refractivity contribution in [3.63, 3.8) is 0 Å². The Hall–Kier alpha value is -3.97. The molecule has 1 N–H and O–H groups in total. The van der Waals surface area contributed by atoms with Crippen LogP contribution in [0.5, 0.6) is 5.75 Å². The van der Waals surface area contributed by atoms with Gasteiger partial charge in [-0.15, -0.1) is 0 Å². The van der Waals surface area contributed by atoms with Gasteiger partial charge in [-0.1, -0.05) is 6.07 Å². The number of ether oxygens (including phenoxy) is 2. The Balaban J connectivity index is 1.37. The van der Waals surface area contributed by atoms with Crippen molar-refractivity contribution in [2.24, 2.45) is 5.92 Å². The number of hydrogen-bond donors (Lipinski definition) is 1. The van der Waals surface area contributed by atoms with Crippen molar-refractivity contribution < 1.29 is 14.3 Å². The fraction of sp³-hybridized carbons (Fsp3) is 0.400. The van der Waals surface area contributed by atoms with E-state index in [1.165, 1.54) is 0 Å². The number of carbonyl (C=O) groups excluding carboxylic acids is 1. The van der Waals surface area contributed by atoms with E-state index in [4.69, 9.17) is 9.47 Å². The Morgan fingerprint density at radius 2 is 2.14 bits per heavy atom. The molecule has 35 heavy (non-hydrogen) atoms. The molecule has 1 unspecified atom stereocenters. The van der Waals surface area contributed by atoms with Crippen LogP contribution < -0.4 is 10.1 Å². The number of rotatable bonds is 8. The average molecular weight is 474 g/mol. The molecule has 1 amide bonds. The van der Waals surface area contributed by atoms with Crippen molar-refractivity contribution in [3.8, 4) is 23.1 Å². The van der Waals surface area contributed by atoms with Gasteiger partial charge in [-0.2, -0.15) is 10.4 Å². The summed E-state index contributed by atoms with van der Waals surface area (Å²) in [4.78, 5) is 23.7. The zero-order chi connectivity index (χ0) is 24.2. The molecule has 1 aliphatic carbocycles. The summed E-state index contributed by atoms with van der Waals surface area (Å²) < 4.78 is 12.7. The van der Waals surface area contributed by atoms with Crippen LogP contribution in [0, 0.1) is 17.2 Å². The minimum atomic E-state index is -0.0247. The van der Waals surface area contributed by atoms with E-state index in [1.54, 1.807) is 36.5 Å². The van der Waals surface area contributed by atoms with Crippen LogP contribution in [-0.2, 0) is 4.74 Å². The summed E-state index contributed by atoms with van der Waals surface area (Å²) in [6.45, 7) is 2.29. The summed E-state index contributed by atoms with van der Waals surface area (Å²) in [6.07, 6.45) is 7.94. The van der Waals surface area contributed by atoms with Crippen molar-refractivity contribution in [2.75, 3.05) is 38.7 Å². The quantitative estimate of drug-likeness (QED) is 0.529. The van der Waals surface area contributed by atoms with Crippen molar-refractivity contribution in [3.05, 3.63) is 48.4 Å². The van der Waals surface area contributed by atoms with Crippen LogP contribution in [0.15, 0.2) is 42.9 Å². The minimum absolute atomic E-state index is 0.0247. The number of nitrogens with zero attached hydrogens (tertiary/aromatic N) is 6. The van der Waals surface area contributed by atoms with Gasteiger partial charge < -0.3 is 19.7 Å². The second kappa shape index (κ2) is 10.1. The van der Waals surface area contributed by atoms with Gasteiger partial charge in [0, 0.05) is 36.1 Å². The number of nitriles is 1. The van der Waals surface area contributed by atoms with Crippen molar-refractivity contribution >= 4 is 17.5 Å². The third-order valence-electron chi connectivity index (χ3n) is 6.32. The van der Waals surface area contributed by atoms with Crippen molar-refractivity contribution in [1.29, 1.82) is 5.26 Å². The van der Waals surface area contributed by atoms with E-state index in [0.717, 1.165) is 18.4 Å². The molecule has 1 saturated heterocycles. The fourth-order valence-corrected chi connectivity index (χ4v) is 4.29. The van der Waals surface area contributed by atoms with Gasteiger partial charge in [0.2, 0.25) is 5.95 Å². The molecule has 2 fully saturated rings. The molecule has 0 bridgehead atoms. The molecule has 1 atom stereocenters. The maximum atomic E-state index is 12.8. The largest absolute Gasteiger partial charge is 0.493 e. The van der Waals surface area contributed by atoms with Gasteiger partial charge in [-0.25, -0.2) is 9.97 Å². The highest BCUT2D eigenvalue weighted by atomic mass is 16.5. The molecule has 1 aromatic carbocycles. The van der Waals surface area contributed by atoms with Crippen LogP contribution in [0.3, 0.4) is 0 Å². The summed E-state index contributed by atoms with van der Waals surface area (Å²) in [5.41, 5.74) is 2.68. The molecule has 0 radical (unpaired) electrons. The van der Waals surface area contributed by atoms with Crippen LogP contribution in [0.2, 0.25) is 0 Å². The van der Waals surface area contributed by atoms with Crippen LogP contribution in [0.25, 0.3) is 11.3 Å². The van der Waals surface area contributed by atoms with Gasteiger partial charge >= 0.3 is 0 Å². The summed E-state index contributed by atoms with van der Waals surface area (Å²) >= 11 is 0. The zero-order valence-electron chi connectivity index (χ0n) is 19.6. The van der Waals surface area contributed by atoms with E-state index >= 15 is 0 Å². The lowest BCUT2D eigenvalue weighted by molar-refractivity contribution is 0.0303. The molecule has 2 aliphatic rings. The number of morpholine rings is 1. The topological polar surface area (TPSA) is 118 Å². The lowest BCUT2D eigenvalue weighted by atomic mass is 10.1. The first kappa shape index (κ1) is 22.8. The number of nitrogens with one attached hydrogen (secondary N) is 1. The number of anilines is 2. The number of benzene rings is 1. The highest BCUT2D eigenvalue weighted by Gasteiger charge is 2.33. The number of carbonyl (C=O) groups is 1. The molecule has 0 spiro atoms. The number of amides is 1. The Bertz CT molecular complexity index is 1240. The summed E-state index contributed by atoms with van der Waals surface area (Å²) in [7, 11) is 1.57. The van der Waals surface area contributed by atoms with E-state index in [0.29, 0.717) is 67.3 Å². The Labute approximate surface area is 203 Å². The molecule has 1 saturated carbocycles. The Morgan fingerprint density at radius 1 is 1.31 bits per heavy atom. The monoisotopic (exact) mass is 473 g/mol. The first-order chi connectivity index (χ1) is 17.2.